The summed E-state index contributed by atoms with van der Waals surface area (Å²) in [6.07, 6.45) is 0. The number of halogens is 2. The molecule has 94 valence electrons. The van der Waals surface area contributed by atoms with Crippen molar-refractivity contribution in [3.05, 3.63) is 39.8 Å². The van der Waals surface area contributed by atoms with Gasteiger partial charge in [-0.05, 0) is 35.0 Å². The van der Waals surface area contributed by atoms with E-state index < -0.39 is 11.8 Å². The summed E-state index contributed by atoms with van der Waals surface area (Å²) in [5.41, 5.74) is 0.929. The van der Waals surface area contributed by atoms with Crippen LogP contribution in [-0.4, -0.2) is 18.2 Å². The molecule has 0 radical (unpaired) electrons. The zero-order chi connectivity index (χ0) is 13.3. The zero-order valence-electron chi connectivity index (χ0n) is 9.66. The van der Waals surface area contributed by atoms with Crippen molar-refractivity contribution in [2.24, 2.45) is 0 Å². The summed E-state index contributed by atoms with van der Waals surface area (Å²) in [4.78, 5) is 11.6. The molecule has 4 nitrogen and oxygen atoms in total. The van der Waals surface area contributed by atoms with Crippen molar-refractivity contribution < 1.29 is 18.4 Å². The molecule has 0 fully saturated rings. The highest BCUT2D eigenvalue weighted by molar-refractivity contribution is 9.10. The highest BCUT2D eigenvalue weighted by Gasteiger charge is 2.22. The number of aryl methyl sites for hydroxylation is 1. The van der Waals surface area contributed by atoms with Gasteiger partial charge in [0.15, 0.2) is 0 Å². The molecule has 1 aromatic heterocycles. The number of hydrogen-bond acceptors (Lipinski definition) is 4. The van der Waals surface area contributed by atoms with Crippen LogP contribution in [0.1, 0.15) is 16.1 Å². The Labute approximate surface area is 111 Å². The van der Waals surface area contributed by atoms with E-state index in [1.165, 1.54) is 19.2 Å². The number of rotatable bonds is 2. The minimum atomic E-state index is -0.563. The molecule has 0 bridgehead atoms. The molecule has 1 aromatic carbocycles. The van der Waals surface area contributed by atoms with E-state index in [9.17, 15) is 9.18 Å². The van der Waals surface area contributed by atoms with Crippen molar-refractivity contribution in [3.63, 3.8) is 0 Å². The van der Waals surface area contributed by atoms with Crippen LogP contribution in [0.3, 0.4) is 0 Å². The molecule has 0 spiro atoms. The van der Waals surface area contributed by atoms with E-state index in [4.69, 9.17) is 4.52 Å². The first-order valence-electron chi connectivity index (χ1n) is 5.04. The Morgan fingerprint density at radius 2 is 2.22 bits per heavy atom. The number of hydrogen-bond donors (Lipinski definition) is 0. The molecule has 2 rings (SSSR count). The fourth-order valence-corrected chi connectivity index (χ4v) is 1.80. The van der Waals surface area contributed by atoms with Gasteiger partial charge in [0.1, 0.15) is 22.8 Å². The summed E-state index contributed by atoms with van der Waals surface area (Å²) >= 11 is 3.06. The molecule has 0 atom stereocenters. The molecule has 6 heteroatoms. The molecule has 0 N–H and O–H groups in total. The van der Waals surface area contributed by atoms with Gasteiger partial charge < -0.3 is 9.26 Å². The lowest BCUT2D eigenvalue weighted by atomic mass is 10.1. The molecule has 1 heterocycles. The minimum Gasteiger partial charge on any atom is -0.465 e. The lowest BCUT2D eigenvalue weighted by molar-refractivity contribution is 0.0599. The van der Waals surface area contributed by atoms with Crippen LogP contribution in [0.5, 0.6) is 0 Å². The average molecular weight is 314 g/mol. The summed E-state index contributed by atoms with van der Waals surface area (Å²) in [6, 6.07) is 4.44. The van der Waals surface area contributed by atoms with E-state index >= 15 is 0 Å². The molecular weight excluding hydrogens is 305 g/mol. The number of aromatic nitrogens is 1. The van der Waals surface area contributed by atoms with Crippen molar-refractivity contribution in [1.82, 2.24) is 5.16 Å². The first-order valence-corrected chi connectivity index (χ1v) is 5.84. The molecule has 0 aliphatic rings. The summed E-state index contributed by atoms with van der Waals surface area (Å²) in [7, 11) is 1.26. The van der Waals surface area contributed by atoms with Gasteiger partial charge in [-0.1, -0.05) is 11.2 Å². The number of ether oxygens (including phenoxy) is 1. The molecule has 0 aliphatic heterocycles. The van der Waals surface area contributed by atoms with Gasteiger partial charge in [0.05, 0.1) is 11.6 Å². The molecule has 18 heavy (non-hydrogen) atoms. The van der Waals surface area contributed by atoms with E-state index in [0.717, 1.165) is 0 Å². The predicted octanol–water partition coefficient (Wildman–Crippen LogP) is 3.34. The summed E-state index contributed by atoms with van der Waals surface area (Å²) in [5, 5.41) is 3.77. The van der Waals surface area contributed by atoms with Gasteiger partial charge in [0.25, 0.3) is 0 Å². The SMILES string of the molecule is COC(=O)c1c(-c2ccc(Br)c(F)c2)noc1C. The average Bonchev–Trinajstić information content (AvgIpc) is 2.74. The highest BCUT2D eigenvalue weighted by atomic mass is 79.9. The van der Waals surface area contributed by atoms with Crippen LogP contribution in [0.25, 0.3) is 11.3 Å². The lowest BCUT2D eigenvalue weighted by Gasteiger charge is -2.02. The molecule has 0 saturated heterocycles. The number of esters is 1. The van der Waals surface area contributed by atoms with E-state index in [1.54, 1.807) is 13.0 Å². The topological polar surface area (TPSA) is 52.3 Å². The maximum absolute atomic E-state index is 13.5. The second-order valence-electron chi connectivity index (χ2n) is 3.58. The van der Waals surface area contributed by atoms with Gasteiger partial charge >= 0.3 is 5.97 Å². The Morgan fingerprint density at radius 1 is 1.50 bits per heavy atom. The molecule has 0 aliphatic carbocycles. The minimum absolute atomic E-state index is 0.208. The number of carbonyl (C=O) groups excluding carboxylic acids is 1. The van der Waals surface area contributed by atoms with Crippen LogP contribution in [-0.2, 0) is 4.74 Å². The van der Waals surface area contributed by atoms with Crippen LogP contribution < -0.4 is 0 Å². The second kappa shape index (κ2) is 4.89. The van der Waals surface area contributed by atoms with Gasteiger partial charge in [-0.2, -0.15) is 0 Å². The quantitative estimate of drug-likeness (QED) is 0.798. The molecule has 0 saturated carbocycles. The van der Waals surface area contributed by atoms with Crippen molar-refractivity contribution in [2.45, 2.75) is 6.92 Å². The van der Waals surface area contributed by atoms with Gasteiger partial charge in [-0.25, -0.2) is 9.18 Å². The van der Waals surface area contributed by atoms with E-state index in [0.29, 0.717) is 15.8 Å². The smallest absolute Gasteiger partial charge is 0.343 e. The fourth-order valence-electron chi connectivity index (χ4n) is 1.56. The number of carbonyl (C=O) groups is 1. The van der Waals surface area contributed by atoms with Crippen LogP contribution in [0.15, 0.2) is 27.2 Å². The van der Waals surface area contributed by atoms with Crippen LogP contribution in [0.2, 0.25) is 0 Å². The van der Waals surface area contributed by atoms with Gasteiger partial charge in [-0.15, -0.1) is 0 Å². The van der Waals surface area contributed by atoms with E-state index in [1.807, 2.05) is 0 Å². The Kier molecular flexibility index (Phi) is 3.47. The highest BCUT2D eigenvalue weighted by Crippen LogP contribution is 2.28. The Balaban J connectivity index is 2.57. The Hall–Kier alpha value is -1.69. The van der Waals surface area contributed by atoms with Gasteiger partial charge in [0.2, 0.25) is 0 Å². The third-order valence-corrected chi connectivity index (χ3v) is 3.09. The van der Waals surface area contributed by atoms with Crippen molar-refractivity contribution in [2.75, 3.05) is 7.11 Å². The second-order valence-corrected chi connectivity index (χ2v) is 4.44. The van der Waals surface area contributed by atoms with Crippen molar-refractivity contribution >= 4 is 21.9 Å². The van der Waals surface area contributed by atoms with Crippen LogP contribution in [0, 0.1) is 12.7 Å². The Morgan fingerprint density at radius 3 is 2.83 bits per heavy atom. The molecule has 0 amide bonds. The van der Waals surface area contributed by atoms with Crippen molar-refractivity contribution in [3.8, 4) is 11.3 Å². The van der Waals surface area contributed by atoms with Crippen LogP contribution in [0.4, 0.5) is 4.39 Å². The molecule has 2 aromatic rings. The molecular formula is C12H9BrFNO3. The summed E-state index contributed by atoms with van der Waals surface area (Å²) < 4.78 is 23.4. The largest absolute Gasteiger partial charge is 0.465 e. The lowest BCUT2D eigenvalue weighted by Crippen LogP contribution is -2.03. The van der Waals surface area contributed by atoms with Gasteiger partial charge in [-0.3, -0.25) is 0 Å². The summed E-state index contributed by atoms with van der Waals surface area (Å²) in [6.45, 7) is 1.60. The zero-order valence-corrected chi connectivity index (χ0v) is 11.2. The predicted molar refractivity (Wildman–Crippen MR) is 65.7 cm³/mol. The summed E-state index contributed by atoms with van der Waals surface area (Å²) in [5.74, 6) is -0.670. The monoisotopic (exact) mass is 313 g/mol. The third-order valence-electron chi connectivity index (χ3n) is 2.45. The van der Waals surface area contributed by atoms with Crippen molar-refractivity contribution in [1.29, 1.82) is 0 Å². The van der Waals surface area contributed by atoms with Crippen LogP contribution >= 0.6 is 15.9 Å². The maximum atomic E-state index is 13.5. The number of methoxy groups -OCH3 is 1. The van der Waals surface area contributed by atoms with Gasteiger partial charge in [0, 0.05) is 5.56 Å². The first-order chi connectivity index (χ1) is 8.54. The standard InChI is InChI=1S/C12H9BrFNO3/c1-6-10(12(16)17-2)11(15-18-6)7-3-4-8(13)9(14)5-7/h3-5H,1-2H3. The fraction of sp³-hybridized carbons (Fsp3) is 0.167. The van der Waals surface area contributed by atoms with E-state index in [-0.39, 0.29) is 11.3 Å². The normalized spacial score (nSPS) is 10.4. The maximum Gasteiger partial charge on any atom is 0.343 e. The first kappa shape index (κ1) is 12.8. The number of nitrogens with zero attached hydrogens (tertiary/aromatic N) is 1. The molecule has 0 unspecified atom stereocenters. The third kappa shape index (κ3) is 2.15. The number of benzene rings is 1. The Bertz CT molecular complexity index is 609. The van der Waals surface area contributed by atoms with E-state index in [2.05, 4.69) is 25.8 Å².